The lowest BCUT2D eigenvalue weighted by atomic mass is 10.1. The first kappa shape index (κ1) is 12.1. The molecule has 0 bridgehead atoms. The number of nitrogens with two attached hydrogens (primary N) is 1. The molecule has 0 aliphatic heterocycles. The van der Waals surface area contributed by atoms with E-state index in [2.05, 4.69) is 4.98 Å². The maximum Gasteiger partial charge on any atom is 0.337 e. The highest BCUT2D eigenvalue weighted by Gasteiger charge is 2.14. The van der Waals surface area contributed by atoms with Gasteiger partial charge in [0.25, 0.3) is 0 Å². The highest BCUT2D eigenvalue weighted by atomic mass is 16.4. The molecule has 0 saturated carbocycles. The molecule has 7 heteroatoms. The van der Waals surface area contributed by atoms with Gasteiger partial charge in [-0.25, -0.2) is 9.78 Å². The Kier molecular flexibility index (Phi) is 2.88. The van der Waals surface area contributed by atoms with Crippen LogP contribution in [0, 0.1) is 22.7 Å². The number of hydrogen-bond acceptors (Lipinski definition) is 5. The molecule has 0 saturated heterocycles. The molecule has 2 aromatic rings. The fourth-order valence-electron chi connectivity index (χ4n) is 1.63. The van der Waals surface area contributed by atoms with Crippen LogP contribution in [0.2, 0.25) is 0 Å². The number of aromatic nitrogens is 2. The molecule has 7 nitrogen and oxygen atoms in total. The molecule has 2 rings (SSSR count). The average Bonchev–Trinajstić information content (AvgIpc) is 2.80. The summed E-state index contributed by atoms with van der Waals surface area (Å²) in [5, 5.41) is 26.7. The summed E-state index contributed by atoms with van der Waals surface area (Å²) >= 11 is 0. The second-order valence-corrected chi connectivity index (χ2v) is 3.61. The van der Waals surface area contributed by atoms with Crippen LogP contribution >= 0.6 is 0 Å². The maximum atomic E-state index is 10.8. The molecule has 0 atom stereocenters. The van der Waals surface area contributed by atoms with E-state index in [9.17, 15) is 4.79 Å². The second-order valence-electron chi connectivity index (χ2n) is 3.61. The standard InChI is InChI=1S/C12H7N5O2/c13-4-10-11(5-14)17(6-16-10)7-1-2-8(12(18)19)9(15)3-7/h1-3,6H,15H2,(H,18,19). The lowest BCUT2D eigenvalue weighted by Gasteiger charge is -2.06. The van der Waals surface area contributed by atoms with Crippen molar-refractivity contribution in [1.82, 2.24) is 9.55 Å². The normalized spacial score (nSPS) is 9.58. The van der Waals surface area contributed by atoms with Gasteiger partial charge in [-0.1, -0.05) is 0 Å². The molecular weight excluding hydrogens is 246 g/mol. The number of imidazole rings is 1. The van der Waals surface area contributed by atoms with Crippen molar-refractivity contribution in [3.8, 4) is 17.8 Å². The Balaban J connectivity index is 2.59. The van der Waals surface area contributed by atoms with Crippen molar-refractivity contribution >= 4 is 11.7 Å². The van der Waals surface area contributed by atoms with Crippen LogP contribution in [0.25, 0.3) is 5.69 Å². The first-order valence-corrected chi connectivity index (χ1v) is 5.09. The van der Waals surface area contributed by atoms with Gasteiger partial charge in [0.05, 0.1) is 5.56 Å². The zero-order valence-electron chi connectivity index (χ0n) is 9.53. The molecule has 0 aliphatic rings. The number of hydrogen-bond donors (Lipinski definition) is 2. The fourth-order valence-corrected chi connectivity index (χ4v) is 1.63. The number of anilines is 1. The first-order chi connectivity index (χ1) is 9.08. The van der Waals surface area contributed by atoms with Crippen molar-refractivity contribution in [2.45, 2.75) is 0 Å². The van der Waals surface area contributed by atoms with E-state index < -0.39 is 5.97 Å². The SMILES string of the molecule is N#Cc1ncn(-c2ccc(C(=O)O)c(N)c2)c1C#N. The molecule has 0 aliphatic carbocycles. The van der Waals surface area contributed by atoms with Gasteiger partial charge < -0.3 is 10.8 Å². The predicted molar refractivity (Wildman–Crippen MR) is 64.4 cm³/mol. The lowest BCUT2D eigenvalue weighted by Crippen LogP contribution is -2.04. The zero-order valence-corrected chi connectivity index (χ0v) is 9.53. The third-order valence-corrected chi connectivity index (χ3v) is 2.52. The van der Waals surface area contributed by atoms with Gasteiger partial charge in [-0.05, 0) is 18.2 Å². The van der Waals surface area contributed by atoms with Crippen LogP contribution < -0.4 is 5.73 Å². The molecule has 0 fully saturated rings. The van der Waals surface area contributed by atoms with Crippen LogP contribution in [0.4, 0.5) is 5.69 Å². The van der Waals surface area contributed by atoms with E-state index in [1.54, 1.807) is 6.07 Å². The van der Waals surface area contributed by atoms with Gasteiger partial charge in [0.1, 0.15) is 18.5 Å². The Labute approximate surface area is 107 Å². The van der Waals surface area contributed by atoms with Gasteiger partial charge >= 0.3 is 5.97 Å². The highest BCUT2D eigenvalue weighted by Crippen LogP contribution is 2.20. The summed E-state index contributed by atoms with van der Waals surface area (Å²) in [5.74, 6) is -1.13. The number of carboxylic acid groups (broad SMARTS) is 1. The molecule has 1 heterocycles. The number of aromatic carboxylic acids is 1. The minimum Gasteiger partial charge on any atom is -0.478 e. The Morgan fingerprint density at radius 3 is 2.63 bits per heavy atom. The molecule has 0 spiro atoms. The van der Waals surface area contributed by atoms with Crippen molar-refractivity contribution < 1.29 is 9.90 Å². The zero-order chi connectivity index (χ0) is 14.0. The molecule has 0 amide bonds. The van der Waals surface area contributed by atoms with Crippen LogP contribution in [0.15, 0.2) is 24.5 Å². The summed E-state index contributed by atoms with van der Waals surface area (Å²) in [4.78, 5) is 14.6. The Morgan fingerprint density at radius 1 is 1.37 bits per heavy atom. The topological polar surface area (TPSA) is 129 Å². The summed E-state index contributed by atoms with van der Waals surface area (Å²) in [5.41, 5.74) is 6.22. The average molecular weight is 253 g/mol. The molecule has 19 heavy (non-hydrogen) atoms. The van der Waals surface area contributed by atoms with Crippen LogP contribution in [0.1, 0.15) is 21.7 Å². The number of rotatable bonds is 2. The van der Waals surface area contributed by atoms with E-state index in [4.69, 9.17) is 21.4 Å². The van der Waals surface area contributed by atoms with Gasteiger partial charge in [0, 0.05) is 11.4 Å². The van der Waals surface area contributed by atoms with Crippen molar-refractivity contribution in [3.05, 3.63) is 41.5 Å². The minimum absolute atomic E-state index is 0.00313. The van der Waals surface area contributed by atoms with E-state index >= 15 is 0 Å². The number of benzene rings is 1. The summed E-state index contributed by atoms with van der Waals surface area (Å²) in [6, 6.07) is 7.91. The predicted octanol–water partition coefficient (Wildman–Crippen LogP) is 0.896. The monoisotopic (exact) mass is 253 g/mol. The largest absolute Gasteiger partial charge is 0.478 e. The molecule has 1 aromatic carbocycles. The van der Waals surface area contributed by atoms with Gasteiger partial charge in [-0.3, -0.25) is 4.57 Å². The summed E-state index contributed by atoms with van der Waals surface area (Å²) < 4.78 is 1.38. The number of nitrogen functional groups attached to an aromatic ring is 1. The number of carboxylic acids is 1. The Bertz CT molecular complexity index is 748. The van der Waals surface area contributed by atoms with E-state index in [0.717, 1.165) is 0 Å². The van der Waals surface area contributed by atoms with Crippen molar-refractivity contribution in [3.63, 3.8) is 0 Å². The molecule has 0 radical (unpaired) electrons. The smallest absolute Gasteiger partial charge is 0.337 e. The minimum atomic E-state index is -1.13. The van der Waals surface area contributed by atoms with Crippen LogP contribution in [0.5, 0.6) is 0 Å². The molecule has 92 valence electrons. The summed E-state index contributed by atoms with van der Waals surface area (Å²) in [7, 11) is 0. The third kappa shape index (κ3) is 1.96. The number of carbonyl (C=O) groups is 1. The number of nitrogens with zero attached hydrogens (tertiary/aromatic N) is 4. The Morgan fingerprint density at radius 2 is 2.11 bits per heavy atom. The summed E-state index contributed by atoms with van der Waals surface area (Å²) in [6.07, 6.45) is 1.31. The molecule has 1 aromatic heterocycles. The fraction of sp³-hybridized carbons (Fsp3) is 0. The van der Waals surface area contributed by atoms with Gasteiger partial charge in [-0.2, -0.15) is 10.5 Å². The molecule has 3 N–H and O–H groups in total. The lowest BCUT2D eigenvalue weighted by molar-refractivity contribution is 0.0698. The highest BCUT2D eigenvalue weighted by molar-refractivity contribution is 5.94. The molecule has 0 unspecified atom stereocenters. The quantitative estimate of drug-likeness (QED) is 0.765. The van der Waals surface area contributed by atoms with Crippen molar-refractivity contribution in [1.29, 1.82) is 10.5 Å². The van der Waals surface area contributed by atoms with Crippen molar-refractivity contribution in [2.24, 2.45) is 0 Å². The van der Waals surface area contributed by atoms with E-state index in [1.807, 2.05) is 6.07 Å². The molecular formula is C12H7N5O2. The second kappa shape index (κ2) is 4.51. The first-order valence-electron chi connectivity index (χ1n) is 5.09. The Hall–Kier alpha value is -3.32. The van der Waals surface area contributed by atoms with Crippen LogP contribution in [0.3, 0.4) is 0 Å². The number of nitriles is 2. The van der Waals surface area contributed by atoms with E-state index in [1.165, 1.54) is 29.1 Å². The maximum absolute atomic E-state index is 10.8. The van der Waals surface area contributed by atoms with Gasteiger partial charge in [-0.15, -0.1) is 0 Å². The summed E-state index contributed by atoms with van der Waals surface area (Å²) in [6.45, 7) is 0. The third-order valence-electron chi connectivity index (χ3n) is 2.52. The van der Waals surface area contributed by atoms with Gasteiger partial charge in [0.2, 0.25) is 0 Å². The van der Waals surface area contributed by atoms with E-state index in [-0.39, 0.29) is 22.6 Å². The van der Waals surface area contributed by atoms with Gasteiger partial charge in [0.15, 0.2) is 11.4 Å². The van der Waals surface area contributed by atoms with Crippen LogP contribution in [-0.4, -0.2) is 20.6 Å². The van der Waals surface area contributed by atoms with Crippen molar-refractivity contribution in [2.75, 3.05) is 5.73 Å². The van der Waals surface area contributed by atoms with E-state index in [0.29, 0.717) is 5.69 Å². The van der Waals surface area contributed by atoms with Crippen LogP contribution in [-0.2, 0) is 0 Å².